The molecule has 0 aromatic heterocycles. The van der Waals surface area contributed by atoms with Gasteiger partial charge in [-0.05, 0) is 40.7 Å². The van der Waals surface area contributed by atoms with Gasteiger partial charge < -0.3 is 25.5 Å². The number of carboxylic acids is 2. The monoisotopic (exact) mass is 345 g/mol. The van der Waals surface area contributed by atoms with Gasteiger partial charge in [0.2, 0.25) is 5.91 Å². The van der Waals surface area contributed by atoms with E-state index in [9.17, 15) is 24.0 Å². The van der Waals surface area contributed by atoms with E-state index in [2.05, 4.69) is 25.5 Å². The maximum Gasteiger partial charge on any atom is 0.330 e. The summed E-state index contributed by atoms with van der Waals surface area (Å²) in [6, 6.07) is 0. The summed E-state index contributed by atoms with van der Waals surface area (Å²) in [6.07, 6.45) is 1.89. The highest BCUT2D eigenvalue weighted by atomic mass is 16.4. The second-order valence-electron chi connectivity index (χ2n) is 4.05. The number of ketones is 2. The maximum atomic E-state index is 9.60. The Morgan fingerprint density at radius 3 is 0.917 bits per heavy atom. The molecular formula is C16H27NO7. The molecular weight excluding hydrogens is 318 g/mol. The zero-order chi connectivity index (χ0) is 20.9. The Labute approximate surface area is 142 Å². The van der Waals surface area contributed by atoms with Crippen molar-refractivity contribution in [2.24, 2.45) is 5.73 Å². The number of hydrogen-bond donors (Lipinski definition) is 3. The van der Waals surface area contributed by atoms with Crippen LogP contribution < -0.4 is 5.73 Å². The first-order valence-electron chi connectivity index (χ1n) is 6.25. The van der Waals surface area contributed by atoms with Gasteiger partial charge in [-0.25, -0.2) is 9.59 Å². The van der Waals surface area contributed by atoms with E-state index in [0.29, 0.717) is 0 Å². The molecule has 0 radical (unpaired) electrons. The fourth-order valence-electron chi connectivity index (χ4n) is 0. The second-order valence-corrected chi connectivity index (χ2v) is 4.05. The molecule has 0 saturated heterocycles. The van der Waals surface area contributed by atoms with Gasteiger partial charge in [0.15, 0.2) is 0 Å². The number of nitrogens with two attached hydrogens (primary N) is 1. The van der Waals surface area contributed by atoms with Gasteiger partial charge in [-0.3, -0.25) is 4.79 Å². The molecule has 0 aliphatic heterocycles. The average Bonchev–Trinajstić information content (AvgIpc) is 2.38. The summed E-state index contributed by atoms with van der Waals surface area (Å²) in [5.74, 6) is -2.06. The van der Waals surface area contributed by atoms with Gasteiger partial charge in [0.1, 0.15) is 11.6 Å². The molecule has 8 heteroatoms. The molecule has 0 heterocycles. The molecule has 0 aromatic carbocycles. The minimum absolute atomic E-state index is 0.167. The van der Waals surface area contributed by atoms with Crippen LogP contribution in [0.4, 0.5) is 0 Å². The van der Waals surface area contributed by atoms with Crippen LogP contribution >= 0.6 is 0 Å². The van der Waals surface area contributed by atoms with Crippen LogP contribution in [-0.2, 0) is 24.0 Å². The third-order valence-electron chi connectivity index (χ3n) is 0.741. The highest BCUT2D eigenvalue weighted by Crippen LogP contribution is 1.81. The van der Waals surface area contributed by atoms with E-state index in [4.69, 9.17) is 10.2 Å². The summed E-state index contributed by atoms with van der Waals surface area (Å²) >= 11 is 0. The van der Waals surface area contributed by atoms with Gasteiger partial charge in [0, 0.05) is 11.6 Å². The standard InChI is InChI=1S/C4H6O2.C3H5NO.C3H4O2.2C3H6O/c1-3(2)4(5)6;2*1-2-3(4)5;2*1-3(2)4/h1H2,2H3,(H,5,6);2H,1H2,(H2,4,5);2H,1H2,(H,4,5);2*1-2H3. The number of hydrogen-bond acceptors (Lipinski definition) is 5. The SMILES string of the molecule is C=C(C)C(=O)O.C=CC(=O)O.C=CC(N)=O.CC(C)=O.CC(C)=O. The molecule has 0 atom stereocenters. The third-order valence-corrected chi connectivity index (χ3v) is 0.741. The van der Waals surface area contributed by atoms with Crippen molar-refractivity contribution in [1.29, 1.82) is 0 Å². The van der Waals surface area contributed by atoms with Crippen molar-refractivity contribution in [3.8, 4) is 0 Å². The topological polar surface area (TPSA) is 152 Å². The first kappa shape index (κ1) is 32.8. The third kappa shape index (κ3) is 248. The lowest BCUT2D eigenvalue weighted by molar-refractivity contribution is -0.133. The predicted octanol–water partition coefficient (Wildman–Crippen LogP) is 1.75. The Hall–Kier alpha value is -3.03. The lowest BCUT2D eigenvalue weighted by atomic mass is 10.4. The van der Waals surface area contributed by atoms with Crippen LogP contribution in [0.25, 0.3) is 0 Å². The largest absolute Gasteiger partial charge is 0.478 e. The van der Waals surface area contributed by atoms with Crippen LogP contribution in [0.3, 0.4) is 0 Å². The first-order chi connectivity index (χ1) is 10.6. The molecule has 0 rings (SSSR count). The van der Waals surface area contributed by atoms with Crippen molar-refractivity contribution >= 4 is 29.4 Å². The fourth-order valence-corrected chi connectivity index (χ4v) is 0. The summed E-state index contributed by atoms with van der Waals surface area (Å²) in [4.78, 5) is 47.2. The summed E-state index contributed by atoms with van der Waals surface area (Å²) in [5.41, 5.74) is 4.71. The Bertz CT molecular complexity index is 401. The van der Waals surface area contributed by atoms with Gasteiger partial charge in [-0.2, -0.15) is 0 Å². The number of aliphatic carboxylic acids is 2. The number of primary amides is 1. The summed E-state index contributed by atoms with van der Waals surface area (Å²) in [7, 11) is 0. The minimum Gasteiger partial charge on any atom is -0.478 e. The zero-order valence-electron chi connectivity index (χ0n) is 14.8. The number of carbonyl (C=O) groups is 5. The molecule has 0 aliphatic rings. The van der Waals surface area contributed by atoms with Crippen LogP contribution in [0, 0.1) is 0 Å². The summed E-state index contributed by atoms with van der Waals surface area (Å²) < 4.78 is 0. The van der Waals surface area contributed by atoms with Gasteiger partial charge in [0.05, 0.1) is 0 Å². The van der Waals surface area contributed by atoms with E-state index < -0.39 is 17.8 Å². The number of carboxylic acid groups (broad SMARTS) is 2. The molecule has 8 nitrogen and oxygen atoms in total. The molecule has 0 aromatic rings. The molecule has 4 N–H and O–H groups in total. The Morgan fingerprint density at radius 1 is 0.792 bits per heavy atom. The van der Waals surface area contributed by atoms with Gasteiger partial charge in [-0.1, -0.05) is 19.7 Å². The molecule has 24 heavy (non-hydrogen) atoms. The molecule has 0 fully saturated rings. The maximum absolute atomic E-state index is 9.60. The van der Waals surface area contributed by atoms with Crippen LogP contribution in [0.1, 0.15) is 34.6 Å². The predicted molar refractivity (Wildman–Crippen MR) is 92.4 cm³/mol. The summed E-state index contributed by atoms with van der Waals surface area (Å²) in [6.45, 7) is 16.8. The Balaban J connectivity index is -0.0000000633. The molecule has 0 unspecified atom stereocenters. The first-order valence-corrected chi connectivity index (χ1v) is 6.25. The number of carbonyl (C=O) groups excluding carboxylic acids is 3. The number of rotatable bonds is 3. The van der Waals surface area contributed by atoms with E-state index in [1.165, 1.54) is 34.6 Å². The molecule has 0 bridgehead atoms. The molecule has 1 amide bonds. The Kier molecular flexibility index (Phi) is 34.1. The number of Topliss-reactive ketones (excluding diaryl/α,β-unsaturated/α-hetero) is 2. The average molecular weight is 345 g/mol. The summed E-state index contributed by atoms with van der Waals surface area (Å²) in [5, 5.41) is 15.5. The highest BCUT2D eigenvalue weighted by molar-refractivity contribution is 5.85. The fraction of sp³-hybridized carbons (Fsp3) is 0.312. The minimum atomic E-state index is -0.981. The van der Waals surface area contributed by atoms with E-state index >= 15 is 0 Å². The second kappa shape index (κ2) is 25.0. The van der Waals surface area contributed by atoms with E-state index in [1.807, 2.05) is 0 Å². The Morgan fingerprint density at radius 2 is 0.917 bits per heavy atom. The van der Waals surface area contributed by atoms with Crippen LogP contribution in [-0.4, -0.2) is 39.6 Å². The van der Waals surface area contributed by atoms with Crippen LogP contribution in [0.15, 0.2) is 37.5 Å². The van der Waals surface area contributed by atoms with Crippen molar-refractivity contribution in [3.63, 3.8) is 0 Å². The van der Waals surface area contributed by atoms with Crippen molar-refractivity contribution in [2.75, 3.05) is 0 Å². The lowest BCUT2D eigenvalue weighted by Crippen LogP contribution is -2.04. The molecule has 0 spiro atoms. The molecule has 0 aliphatic carbocycles. The van der Waals surface area contributed by atoms with Crippen molar-refractivity contribution in [3.05, 3.63) is 37.5 Å². The van der Waals surface area contributed by atoms with Crippen LogP contribution in [0.5, 0.6) is 0 Å². The lowest BCUT2D eigenvalue weighted by Gasteiger charge is -1.79. The van der Waals surface area contributed by atoms with E-state index in [-0.39, 0.29) is 17.1 Å². The van der Waals surface area contributed by atoms with E-state index in [1.54, 1.807) is 0 Å². The smallest absolute Gasteiger partial charge is 0.330 e. The highest BCUT2D eigenvalue weighted by Gasteiger charge is 1.90. The van der Waals surface area contributed by atoms with E-state index in [0.717, 1.165) is 12.2 Å². The van der Waals surface area contributed by atoms with Crippen molar-refractivity contribution in [2.45, 2.75) is 34.6 Å². The quantitative estimate of drug-likeness (QED) is 0.659. The van der Waals surface area contributed by atoms with Crippen molar-refractivity contribution in [1.82, 2.24) is 0 Å². The van der Waals surface area contributed by atoms with Gasteiger partial charge in [-0.15, -0.1) is 0 Å². The van der Waals surface area contributed by atoms with Crippen LogP contribution in [0.2, 0.25) is 0 Å². The zero-order valence-corrected chi connectivity index (χ0v) is 14.8. The molecule has 0 saturated carbocycles. The van der Waals surface area contributed by atoms with Gasteiger partial charge in [0.25, 0.3) is 0 Å². The number of amides is 1. The van der Waals surface area contributed by atoms with Gasteiger partial charge >= 0.3 is 11.9 Å². The van der Waals surface area contributed by atoms with Crippen molar-refractivity contribution < 1.29 is 34.2 Å². The normalized spacial score (nSPS) is 6.71. The molecule has 138 valence electrons.